The van der Waals surface area contributed by atoms with Gasteiger partial charge in [0, 0.05) is 6.42 Å². The number of halogens is 1. The van der Waals surface area contributed by atoms with Crippen molar-refractivity contribution in [3.05, 3.63) is 112 Å². The summed E-state index contributed by atoms with van der Waals surface area (Å²) in [5, 5.41) is 4.49. The topological polar surface area (TPSA) is 85.3 Å². The average Bonchev–Trinajstić information content (AvgIpc) is 3.17. The van der Waals surface area contributed by atoms with E-state index in [2.05, 4.69) is 16.0 Å². The first-order valence-corrected chi connectivity index (χ1v) is 11.0. The molecule has 34 heavy (non-hydrogen) atoms. The van der Waals surface area contributed by atoms with Gasteiger partial charge < -0.3 is 4.74 Å². The zero-order valence-corrected chi connectivity index (χ0v) is 19.3. The highest BCUT2D eigenvalue weighted by Gasteiger charge is 2.21. The Morgan fingerprint density at radius 1 is 0.912 bits per heavy atom. The fraction of sp³-hybridized carbons (Fsp3) is 0.115. The Hall–Kier alpha value is -4.10. The number of carbonyl (C=O) groups is 2. The van der Waals surface area contributed by atoms with Gasteiger partial charge in [-0.15, -0.1) is 0 Å². The Balaban J connectivity index is 1.35. The molecular formula is C26H23ClN4O3. The number of ether oxygens (including phenoxy) is 1. The molecule has 2 amide bonds. The van der Waals surface area contributed by atoms with E-state index >= 15 is 0 Å². The molecule has 4 rings (SSSR count). The number of rotatable bonds is 7. The van der Waals surface area contributed by atoms with Gasteiger partial charge in [0.05, 0.1) is 11.4 Å². The van der Waals surface area contributed by atoms with E-state index in [0.29, 0.717) is 17.9 Å². The van der Waals surface area contributed by atoms with Gasteiger partial charge in [-0.3, -0.25) is 20.4 Å². The number of hydrazine groups is 1. The van der Waals surface area contributed by atoms with Crippen LogP contribution in [0.4, 0.5) is 0 Å². The molecular weight excluding hydrogens is 452 g/mol. The predicted octanol–water partition coefficient (Wildman–Crippen LogP) is 4.26. The largest absolute Gasteiger partial charge is 0.483 e. The molecule has 0 aliphatic heterocycles. The highest BCUT2D eigenvalue weighted by molar-refractivity contribution is 6.33. The molecule has 0 aliphatic carbocycles. The number of para-hydroxylation sites is 2. The van der Waals surface area contributed by atoms with E-state index in [9.17, 15) is 9.59 Å². The van der Waals surface area contributed by atoms with Crippen molar-refractivity contribution in [2.75, 3.05) is 6.61 Å². The molecule has 7 nitrogen and oxygen atoms in total. The van der Waals surface area contributed by atoms with Gasteiger partial charge >= 0.3 is 0 Å². The highest BCUT2D eigenvalue weighted by atomic mass is 35.5. The van der Waals surface area contributed by atoms with Crippen LogP contribution in [0.25, 0.3) is 5.69 Å². The van der Waals surface area contributed by atoms with Crippen LogP contribution in [0.15, 0.2) is 84.9 Å². The standard InChI is InChI=1S/C26H23ClN4O3/c1-18-24(25(27)31(30-18)21-13-6-3-7-14-21)26(33)29-28-23(32)17-34-22-15-9-8-12-20(22)16-19-10-4-2-5-11-19/h2-15H,16-17H2,1H3,(H,28,32)(H,29,33). The molecule has 0 aliphatic rings. The van der Waals surface area contributed by atoms with Gasteiger partial charge in [-0.05, 0) is 36.2 Å². The fourth-order valence-corrected chi connectivity index (χ4v) is 3.83. The minimum absolute atomic E-state index is 0.154. The van der Waals surface area contributed by atoms with Gasteiger partial charge in [-0.2, -0.15) is 5.10 Å². The van der Waals surface area contributed by atoms with Crippen molar-refractivity contribution in [3.8, 4) is 11.4 Å². The minimum Gasteiger partial charge on any atom is -0.483 e. The summed E-state index contributed by atoms with van der Waals surface area (Å²) in [5.74, 6) is -0.467. The van der Waals surface area contributed by atoms with E-state index in [1.807, 2.05) is 84.9 Å². The van der Waals surface area contributed by atoms with Crippen molar-refractivity contribution in [1.29, 1.82) is 0 Å². The second kappa shape index (κ2) is 10.7. The molecule has 0 saturated carbocycles. The molecule has 2 N–H and O–H groups in total. The summed E-state index contributed by atoms with van der Waals surface area (Å²) in [6.07, 6.45) is 0.679. The molecule has 0 atom stereocenters. The quantitative estimate of drug-likeness (QED) is 0.392. The molecule has 1 aromatic heterocycles. The van der Waals surface area contributed by atoms with Gasteiger partial charge in [-0.25, -0.2) is 4.68 Å². The van der Waals surface area contributed by atoms with Crippen LogP contribution in [0.2, 0.25) is 5.15 Å². The summed E-state index contributed by atoms with van der Waals surface area (Å²) < 4.78 is 7.19. The number of aryl methyl sites for hydroxylation is 1. The first-order valence-electron chi connectivity index (χ1n) is 10.7. The zero-order chi connectivity index (χ0) is 23.9. The fourth-order valence-electron chi connectivity index (χ4n) is 3.47. The number of nitrogens with one attached hydrogen (secondary N) is 2. The third-order valence-electron chi connectivity index (χ3n) is 5.12. The molecule has 3 aromatic carbocycles. The van der Waals surface area contributed by atoms with Gasteiger partial charge in [-0.1, -0.05) is 78.3 Å². The number of aromatic nitrogens is 2. The van der Waals surface area contributed by atoms with Gasteiger partial charge in [0.2, 0.25) is 0 Å². The highest BCUT2D eigenvalue weighted by Crippen LogP contribution is 2.23. The number of hydrogen-bond acceptors (Lipinski definition) is 4. The predicted molar refractivity (Wildman–Crippen MR) is 130 cm³/mol. The summed E-state index contributed by atoms with van der Waals surface area (Å²) in [7, 11) is 0. The maximum absolute atomic E-state index is 12.7. The molecule has 0 spiro atoms. The molecule has 0 saturated heterocycles. The number of benzene rings is 3. The van der Waals surface area contributed by atoms with E-state index in [-0.39, 0.29) is 17.3 Å². The van der Waals surface area contributed by atoms with Crippen LogP contribution in [0.3, 0.4) is 0 Å². The lowest BCUT2D eigenvalue weighted by Crippen LogP contribution is -2.44. The van der Waals surface area contributed by atoms with Crippen LogP contribution >= 0.6 is 11.6 Å². The zero-order valence-electron chi connectivity index (χ0n) is 18.5. The molecule has 0 bridgehead atoms. The van der Waals surface area contributed by atoms with Gasteiger partial charge in [0.1, 0.15) is 16.5 Å². The van der Waals surface area contributed by atoms with Crippen LogP contribution in [0, 0.1) is 6.92 Å². The van der Waals surface area contributed by atoms with Crippen LogP contribution in [0.1, 0.15) is 27.2 Å². The Bertz CT molecular complexity index is 1290. The van der Waals surface area contributed by atoms with E-state index in [1.165, 1.54) is 4.68 Å². The summed E-state index contributed by atoms with van der Waals surface area (Å²) in [6.45, 7) is 1.41. The first-order chi connectivity index (χ1) is 16.5. The average molecular weight is 475 g/mol. The third kappa shape index (κ3) is 5.44. The molecule has 0 unspecified atom stereocenters. The Morgan fingerprint density at radius 2 is 1.56 bits per heavy atom. The van der Waals surface area contributed by atoms with E-state index in [0.717, 1.165) is 16.8 Å². The van der Waals surface area contributed by atoms with Crippen molar-refractivity contribution in [2.24, 2.45) is 0 Å². The Labute approximate surface area is 202 Å². The summed E-state index contributed by atoms with van der Waals surface area (Å²) >= 11 is 6.40. The second-order valence-corrected chi connectivity index (χ2v) is 7.92. The van der Waals surface area contributed by atoms with Crippen LogP contribution in [0.5, 0.6) is 5.75 Å². The van der Waals surface area contributed by atoms with E-state index in [4.69, 9.17) is 16.3 Å². The number of carbonyl (C=O) groups excluding carboxylic acids is 2. The first kappa shape index (κ1) is 23.1. The summed E-state index contributed by atoms with van der Waals surface area (Å²) in [4.78, 5) is 25.0. The maximum atomic E-state index is 12.7. The van der Waals surface area contributed by atoms with Crippen LogP contribution < -0.4 is 15.6 Å². The second-order valence-electron chi connectivity index (χ2n) is 7.56. The molecule has 1 heterocycles. The van der Waals surface area contributed by atoms with Gasteiger partial charge in [0.25, 0.3) is 11.8 Å². The Morgan fingerprint density at radius 3 is 2.29 bits per heavy atom. The van der Waals surface area contributed by atoms with E-state index in [1.54, 1.807) is 6.92 Å². The molecule has 8 heteroatoms. The molecule has 4 aromatic rings. The number of amides is 2. The normalized spacial score (nSPS) is 10.5. The van der Waals surface area contributed by atoms with Crippen molar-refractivity contribution in [1.82, 2.24) is 20.6 Å². The van der Waals surface area contributed by atoms with Crippen LogP contribution in [-0.2, 0) is 11.2 Å². The van der Waals surface area contributed by atoms with Crippen molar-refractivity contribution < 1.29 is 14.3 Å². The molecule has 0 radical (unpaired) electrons. The van der Waals surface area contributed by atoms with Crippen molar-refractivity contribution in [3.63, 3.8) is 0 Å². The number of nitrogens with zero attached hydrogens (tertiary/aromatic N) is 2. The lowest BCUT2D eigenvalue weighted by atomic mass is 10.0. The summed E-state index contributed by atoms with van der Waals surface area (Å²) in [6, 6.07) is 26.8. The van der Waals surface area contributed by atoms with Crippen LogP contribution in [-0.4, -0.2) is 28.2 Å². The monoisotopic (exact) mass is 474 g/mol. The smallest absolute Gasteiger partial charge is 0.276 e. The third-order valence-corrected chi connectivity index (χ3v) is 5.47. The van der Waals surface area contributed by atoms with Crippen molar-refractivity contribution in [2.45, 2.75) is 13.3 Å². The summed E-state index contributed by atoms with van der Waals surface area (Å²) in [5.41, 5.74) is 8.18. The number of hydrogen-bond donors (Lipinski definition) is 2. The lowest BCUT2D eigenvalue weighted by Gasteiger charge is -2.12. The SMILES string of the molecule is Cc1nn(-c2ccccc2)c(Cl)c1C(=O)NNC(=O)COc1ccccc1Cc1ccccc1. The minimum atomic E-state index is -0.567. The maximum Gasteiger partial charge on any atom is 0.276 e. The molecule has 172 valence electrons. The lowest BCUT2D eigenvalue weighted by molar-refractivity contribution is -0.123. The molecule has 0 fully saturated rings. The Kier molecular flexibility index (Phi) is 7.25. The van der Waals surface area contributed by atoms with Gasteiger partial charge in [0.15, 0.2) is 6.61 Å². The van der Waals surface area contributed by atoms with Crippen molar-refractivity contribution >= 4 is 23.4 Å². The van der Waals surface area contributed by atoms with E-state index < -0.39 is 11.8 Å².